The van der Waals surface area contributed by atoms with E-state index >= 15 is 0 Å². The maximum atomic E-state index is 12.5. The molecule has 1 aliphatic carbocycles. The Morgan fingerprint density at radius 3 is 1.69 bits per heavy atom. The van der Waals surface area contributed by atoms with E-state index in [2.05, 4.69) is 88.4 Å². The van der Waals surface area contributed by atoms with Crippen LogP contribution in [0.5, 0.6) is 0 Å². The van der Waals surface area contributed by atoms with E-state index in [9.17, 15) is 26.3 Å². The van der Waals surface area contributed by atoms with Crippen LogP contribution in [0.25, 0.3) is 11.1 Å². The molecule has 49 heavy (non-hydrogen) atoms. The summed E-state index contributed by atoms with van der Waals surface area (Å²) in [5.74, 6) is 0. The van der Waals surface area contributed by atoms with Crippen LogP contribution < -0.4 is 24.8 Å². The molecule has 0 saturated carbocycles. The van der Waals surface area contributed by atoms with Crippen molar-refractivity contribution in [2.24, 2.45) is 0 Å². The van der Waals surface area contributed by atoms with E-state index < -0.39 is 23.5 Å². The molecule has 0 bridgehead atoms. The Labute approximate surface area is 312 Å². The van der Waals surface area contributed by atoms with E-state index in [1.54, 1.807) is 0 Å². The monoisotopic (exact) mass is 790 g/mol. The fourth-order valence-electron chi connectivity index (χ4n) is 5.22. The molecule has 0 N–H and O–H groups in total. The molecule has 0 nitrogen and oxygen atoms in total. The van der Waals surface area contributed by atoms with Crippen molar-refractivity contribution in [2.45, 2.75) is 64.7 Å². The third-order valence-electron chi connectivity index (χ3n) is 7.84. The van der Waals surface area contributed by atoms with E-state index in [1.165, 1.54) is 70.5 Å². The minimum atomic E-state index is -4.41. The van der Waals surface area contributed by atoms with Crippen LogP contribution in [0.3, 0.4) is 0 Å². The molecule has 0 unspecified atom stereocenters. The standard InChI is InChI=1S/C15H8F6.C13H9.C12H19.2ClH.Zr/c16-14(17,18)12-5-1-10(2-6-12)9-11-3-7-13(8-4-11)15(19,20)21;1-3-7-12-10(5-1)9-11-6-2-4-8-13(11)12;1-5-6-10-7-8-11(9-10)12(2,3)4;;;/h1-8H;1-5,7-8H,9H2;7-9H,5-6H2,1-4H3;2*1H;/q;2*-1;;;+2/p-2. The number of rotatable bonds is 4. The van der Waals surface area contributed by atoms with Gasteiger partial charge in [0.15, 0.2) is 0 Å². The van der Waals surface area contributed by atoms with Gasteiger partial charge in [0.05, 0.1) is 0 Å². The third-order valence-corrected chi connectivity index (χ3v) is 9.26. The van der Waals surface area contributed by atoms with Crippen LogP contribution in [-0.4, -0.2) is 3.21 Å². The van der Waals surface area contributed by atoms with Crippen LogP contribution in [0.1, 0.15) is 78.6 Å². The van der Waals surface area contributed by atoms with Crippen LogP contribution >= 0.6 is 0 Å². The second-order valence-corrected chi connectivity index (χ2v) is 13.7. The quantitative estimate of drug-likeness (QED) is 0.162. The topological polar surface area (TPSA) is 0 Å². The molecule has 1 aliphatic rings. The molecule has 5 aromatic carbocycles. The minimum Gasteiger partial charge on any atom is -1.00 e. The molecule has 5 aromatic rings. The average molecular weight is 793 g/mol. The Morgan fingerprint density at radius 2 is 1.22 bits per heavy atom. The number of alkyl halides is 6. The van der Waals surface area contributed by atoms with Gasteiger partial charge >= 0.3 is 137 Å². The normalized spacial score (nSPS) is 11.8. The Kier molecular flexibility index (Phi) is 15.4. The van der Waals surface area contributed by atoms with Crippen LogP contribution in [0, 0.1) is 6.07 Å². The molecule has 0 radical (unpaired) electrons. The molecule has 6 rings (SSSR count). The van der Waals surface area contributed by atoms with E-state index in [1.807, 2.05) is 6.07 Å². The molecule has 9 heteroatoms. The SMILES string of the molecule is CCCc1cc(C(C)(C)C)c[cH-]1.FC(F)(F)c1ccc([C](=[Zr+2])c2ccc(C(F)(F)F)cc2)cc1.[Cl-].[Cl-].[c-]1cccc2c1Cc1ccccc1-2. The maximum absolute atomic E-state index is 12.5. The zero-order valence-corrected chi connectivity index (χ0v) is 31.5. The van der Waals surface area contributed by atoms with Crippen LogP contribution in [0.15, 0.2) is 109 Å². The zero-order chi connectivity index (χ0) is 34.4. The van der Waals surface area contributed by atoms with Gasteiger partial charge in [-0.15, -0.1) is 5.56 Å². The predicted octanol–water partition coefficient (Wildman–Crippen LogP) is 5.56. The van der Waals surface area contributed by atoms with Gasteiger partial charge in [-0.2, -0.15) is 53.1 Å². The molecule has 0 saturated heterocycles. The van der Waals surface area contributed by atoms with Crippen LogP contribution in [-0.2, 0) is 54.8 Å². The maximum Gasteiger partial charge on any atom is -0.0253 e. The molecule has 0 atom stereocenters. The fourth-order valence-corrected chi connectivity index (χ4v) is 6.04. The van der Waals surface area contributed by atoms with Gasteiger partial charge < -0.3 is 24.8 Å². The Morgan fingerprint density at radius 1 is 0.714 bits per heavy atom. The van der Waals surface area contributed by atoms with Crippen LogP contribution in [0.2, 0.25) is 0 Å². The number of halogens is 8. The first-order valence-corrected chi connectivity index (χ1v) is 16.6. The van der Waals surface area contributed by atoms with Gasteiger partial charge in [-0.05, 0) is 6.42 Å². The van der Waals surface area contributed by atoms with Crippen molar-refractivity contribution in [3.63, 3.8) is 0 Å². The molecule has 0 aromatic heterocycles. The van der Waals surface area contributed by atoms with Crippen molar-refractivity contribution in [2.75, 3.05) is 0 Å². The number of fused-ring (bicyclic) bond motifs is 3. The average Bonchev–Trinajstić information content (AvgIpc) is 3.66. The van der Waals surface area contributed by atoms with Crippen molar-refractivity contribution in [3.8, 4) is 11.1 Å². The summed E-state index contributed by atoms with van der Waals surface area (Å²) in [5, 5.41) is 0. The molecule has 0 aliphatic heterocycles. The van der Waals surface area contributed by atoms with Crippen molar-refractivity contribution < 1.29 is 75.4 Å². The molecule has 0 fully saturated rings. The van der Waals surface area contributed by atoms with E-state index in [0.717, 1.165) is 54.9 Å². The second kappa shape index (κ2) is 17.9. The summed E-state index contributed by atoms with van der Waals surface area (Å²) < 4.78 is 75.6. The zero-order valence-electron chi connectivity index (χ0n) is 27.5. The molecule has 0 heterocycles. The van der Waals surface area contributed by atoms with Crippen LogP contribution in [0.4, 0.5) is 26.3 Å². The summed E-state index contributed by atoms with van der Waals surface area (Å²) in [4.78, 5) is 0. The van der Waals surface area contributed by atoms with Crippen molar-refractivity contribution in [3.05, 3.63) is 160 Å². The Bertz CT molecular complexity index is 1680. The number of hydrogen-bond donors (Lipinski definition) is 0. The largest absolute Gasteiger partial charge is 1.00 e. The summed E-state index contributed by atoms with van der Waals surface area (Å²) in [6.45, 7) is 9.01. The smallest absolute Gasteiger partial charge is 0.0253 e. The van der Waals surface area contributed by atoms with Gasteiger partial charge in [0.25, 0.3) is 0 Å². The van der Waals surface area contributed by atoms with Crippen molar-refractivity contribution in [1.29, 1.82) is 0 Å². The number of hydrogen-bond acceptors (Lipinski definition) is 0. The van der Waals surface area contributed by atoms with Gasteiger partial charge in [0.2, 0.25) is 0 Å². The fraction of sp³-hybridized carbons (Fsp3) is 0.250. The molecule has 258 valence electrons. The van der Waals surface area contributed by atoms with Gasteiger partial charge in [-0.1, -0.05) is 81.3 Å². The second-order valence-electron chi connectivity index (χ2n) is 12.4. The first-order valence-electron chi connectivity index (χ1n) is 15.4. The molecular weight excluding hydrogens is 757 g/mol. The van der Waals surface area contributed by atoms with E-state index in [-0.39, 0.29) is 24.8 Å². The number of aryl methyl sites for hydroxylation is 1. The van der Waals surface area contributed by atoms with E-state index in [0.29, 0.717) is 19.7 Å². The van der Waals surface area contributed by atoms with Gasteiger partial charge in [0, 0.05) is 0 Å². The van der Waals surface area contributed by atoms with Gasteiger partial charge in [0.1, 0.15) is 0 Å². The molecule has 0 amide bonds. The summed E-state index contributed by atoms with van der Waals surface area (Å²) >= 11 is 0.898. The summed E-state index contributed by atoms with van der Waals surface area (Å²) in [5.41, 5.74) is 8.38. The Hall–Kier alpha value is -2.86. The first-order chi connectivity index (χ1) is 22.1. The number of benzene rings is 4. The van der Waals surface area contributed by atoms with E-state index in [4.69, 9.17) is 0 Å². The Balaban J connectivity index is 0.000000265. The van der Waals surface area contributed by atoms with Crippen molar-refractivity contribution in [1.82, 2.24) is 0 Å². The third kappa shape index (κ3) is 11.6. The molecular formula is C40H36Cl2F6Zr-2. The van der Waals surface area contributed by atoms with Gasteiger partial charge in [-0.25, -0.2) is 6.07 Å². The minimum absolute atomic E-state index is 0. The summed E-state index contributed by atoms with van der Waals surface area (Å²) in [6.07, 6.45) is -5.31. The first kappa shape index (κ1) is 42.3. The van der Waals surface area contributed by atoms with Gasteiger partial charge in [-0.3, -0.25) is 0 Å². The van der Waals surface area contributed by atoms with Crippen molar-refractivity contribution >= 4 is 3.21 Å². The summed E-state index contributed by atoms with van der Waals surface area (Å²) in [7, 11) is 0. The summed E-state index contributed by atoms with van der Waals surface area (Å²) in [6, 6.07) is 34.1. The predicted molar refractivity (Wildman–Crippen MR) is 174 cm³/mol. The molecule has 0 spiro atoms.